The number of aromatic nitrogens is 1. The number of amides is 1. The van der Waals surface area contributed by atoms with Crippen LogP contribution in [0.3, 0.4) is 0 Å². The summed E-state index contributed by atoms with van der Waals surface area (Å²) >= 11 is 0. The average molecular weight is 324 g/mol. The Morgan fingerprint density at radius 2 is 1.83 bits per heavy atom. The van der Waals surface area contributed by atoms with E-state index >= 15 is 0 Å². The Morgan fingerprint density at radius 1 is 1.12 bits per heavy atom. The Hall–Kier alpha value is -2.40. The molecule has 0 radical (unpaired) electrons. The summed E-state index contributed by atoms with van der Waals surface area (Å²) in [5.41, 5.74) is 2.85. The fourth-order valence-corrected chi connectivity index (χ4v) is 2.89. The van der Waals surface area contributed by atoms with Crippen molar-refractivity contribution in [2.75, 3.05) is 45.2 Å². The van der Waals surface area contributed by atoms with E-state index in [9.17, 15) is 4.79 Å². The van der Waals surface area contributed by atoms with Crippen LogP contribution in [0.5, 0.6) is 0 Å². The van der Waals surface area contributed by atoms with E-state index in [0.29, 0.717) is 5.56 Å². The van der Waals surface area contributed by atoms with Crippen molar-refractivity contribution < 1.29 is 4.79 Å². The second kappa shape index (κ2) is 7.45. The Kier molecular flexibility index (Phi) is 5.11. The van der Waals surface area contributed by atoms with Crippen LogP contribution in [0.25, 0.3) is 0 Å². The van der Waals surface area contributed by atoms with Gasteiger partial charge in [-0.05, 0) is 18.7 Å². The van der Waals surface area contributed by atoms with Gasteiger partial charge in [-0.1, -0.05) is 30.3 Å². The molecule has 0 atom stereocenters. The van der Waals surface area contributed by atoms with Gasteiger partial charge in [-0.15, -0.1) is 0 Å². The molecule has 5 nitrogen and oxygen atoms in total. The van der Waals surface area contributed by atoms with E-state index in [0.717, 1.165) is 38.4 Å². The largest absolute Gasteiger partial charge is 0.369 e. The topological polar surface area (TPSA) is 39.7 Å². The van der Waals surface area contributed by atoms with Crippen LogP contribution < -0.4 is 4.90 Å². The molecule has 1 aliphatic heterocycles. The SMILES string of the molecule is CN1CCN(C(=O)c2cncc(N(C)Cc3ccccc3)c2)CC1. The van der Waals surface area contributed by atoms with E-state index in [2.05, 4.69) is 34.0 Å². The smallest absolute Gasteiger partial charge is 0.255 e. The molecule has 0 aliphatic carbocycles. The summed E-state index contributed by atoms with van der Waals surface area (Å²) in [4.78, 5) is 23.2. The highest BCUT2D eigenvalue weighted by Gasteiger charge is 2.21. The molecular weight excluding hydrogens is 300 g/mol. The lowest BCUT2D eigenvalue weighted by molar-refractivity contribution is 0.0663. The molecule has 1 amide bonds. The normalized spacial score (nSPS) is 15.3. The number of hydrogen-bond acceptors (Lipinski definition) is 4. The number of anilines is 1. The Balaban J connectivity index is 1.70. The molecule has 0 unspecified atom stereocenters. The molecule has 2 heterocycles. The molecule has 1 aromatic heterocycles. The van der Waals surface area contributed by atoms with E-state index in [1.165, 1.54) is 5.56 Å². The van der Waals surface area contributed by atoms with Gasteiger partial charge in [-0.25, -0.2) is 0 Å². The average Bonchev–Trinajstić information content (AvgIpc) is 2.63. The summed E-state index contributed by atoms with van der Waals surface area (Å²) < 4.78 is 0. The van der Waals surface area contributed by atoms with E-state index < -0.39 is 0 Å². The molecule has 0 spiro atoms. The van der Waals surface area contributed by atoms with Gasteiger partial charge < -0.3 is 14.7 Å². The van der Waals surface area contributed by atoms with Crippen LogP contribution >= 0.6 is 0 Å². The first-order chi connectivity index (χ1) is 11.6. The van der Waals surface area contributed by atoms with Crippen molar-refractivity contribution in [2.45, 2.75) is 6.54 Å². The van der Waals surface area contributed by atoms with Crippen molar-refractivity contribution in [3.63, 3.8) is 0 Å². The van der Waals surface area contributed by atoms with Crippen molar-refractivity contribution in [3.05, 3.63) is 59.9 Å². The van der Waals surface area contributed by atoms with Crippen molar-refractivity contribution in [2.24, 2.45) is 0 Å². The van der Waals surface area contributed by atoms with Crippen LogP contribution in [-0.4, -0.2) is 61.0 Å². The summed E-state index contributed by atoms with van der Waals surface area (Å²) in [6, 6.07) is 12.2. The molecule has 0 saturated carbocycles. The molecule has 0 N–H and O–H groups in total. The molecule has 1 aromatic carbocycles. The first kappa shape index (κ1) is 16.5. The third kappa shape index (κ3) is 3.92. The summed E-state index contributed by atoms with van der Waals surface area (Å²) in [7, 11) is 4.11. The van der Waals surface area contributed by atoms with E-state index in [1.54, 1.807) is 6.20 Å². The molecule has 5 heteroatoms. The predicted molar refractivity (Wildman–Crippen MR) is 96.2 cm³/mol. The first-order valence-corrected chi connectivity index (χ1v) is 8.31. The van der Waals surface area contributed by atoms with Crippen molar-refractivity contribution >= 4 is 11.6 Å². The second-order valence-electron chi connectivity index (χ2n) is 6.37. The highest BCUT2D eigenvalue weighted by molar-refractivity contribution is 5.94. The third-order valence-electron chi connectivity index (χ3n) is 4.46. The molecule has 2 aromatic rings. The minimum Gasteiger partial charge on any atom is -0.369 e. The van der Waals surface area contributed by atoms with Gasteiger partial charge in [0, 0.05) is 46.0 Å². The van der Waals surface area contributed by atoms with Gasteiger partial charge in [0.25, 0.3) is 5.91 Å². The van der Waals surface area contributed by atoms with Crippen LogP contribution in [0.4, 0.5) is 5.69 Å². The molecule has 1 fully saturated rings. The Morgan fingerprint density at radius 3 is 2.54 bits per heavy atom. The molecule has 3 rings (SSSR count). The minimum atomic E-state index is 0.0746. The minimum absolute atomic E-state index is 0.0746. The Bertz CT molecular complexity index is 681. The van der Waals surface area contributed by atoms with Gasteiger partial charge in [-0.2, -0.15) is 0 Å². The lowest BCUT2D eigenvalue weighted by atomic mass is 10.2. The highest BCUT2D eigenvalue weighted by atomic mass is 16.2. The first-order valence-electron chi connectivity index (χ1n) is 8.31. The number of likely N-dealkylation sites (N-methyl/N-ethyl adjacent to an activating group) is 1. The lowest BCUT2D eigenvalue weighted by Gasteiger charge is -2.32. The van der Waals surface area contributed by atoms with Crippen LogP contribution in [-0.2, 0) is 6.54 Å². The second-order valence-corrected chi connectivity index (χ2v) is 6.37. The number of piperazine rings is 1. The molecule has 0 bridgehead atoms. The number of carbonyl (C=O) groups excluding carboxylic acids is 1. The predicted octanol–water partition coefficient (Wildman–Crippen LogP) is 2.11. The number of nitrogens with zero attached hydrogens (tertiary/aromatic N) is 4. The maximum absolute atomic E-state index is 12.7. The molecule has 126 valence electrons. The zero-order valence-corrected chi connectivity index (χ0v) is 14.4. The van der Waals surface area contributed by atoms with E-state index in [4.69, 9.17) is 0 Å². The van der Waals surface area contributed by atoms with Crippen molar-refractivity contribution in [1.82, 2.24) is 14.8 Å². The highest BCUT2D eigenvalue weighted by Crippen LogP contribution is 2.17. The lowest BCUT2D eigenvalue weighted by Crippen LogP contribution is -2.47. The number of benzene rings is 1. The maximum Gasteiger partial charge on any atom is 0.255 e. The van der Waals surface area contributed by atoms with Crippen LogP contribution in [0.1, 0.15) is 15.9 Å². The van der Waals surface area contributed by atoms with E-state index in [-0.39, 0.29) is 5.91 Å². The number of pyridine rings is 1. The summed E-state index contributed by atoms with van der Waals surface area (Å²) in [5, 5.41) is 0. The van der Waals surface area contributed by atoms with Crippen LogP contribution in [0.15, 0.2) is 48.8 Å². The third-order valence-corrected chi connectivity index (χ3v) is 4.46. The molecule has 1 aliphatic rings. The summed E-state index contributed by atoms with van der Waals surface area (Å²) in [6.07, 6.45) is 3.48. The number of carbonyl (C=O) groups is 1. The monoisotopic (exact) mass is 324 g/mol. The van der Waals surface area contributed by atoms with Crippen molar-refractivity contribution in [1.29, 1.82) is 0 Å². The molecular formula is C19H24N4O. The van der Waals surface area contributed by atoms with Crippen LogP contribution in [0.2, 0.25) is 0 Å². The van der Waals surface area contributed by atoms with Gasteiger partial charge in [-0.3, -0.25) is 9.78 Å². The zero-order valence-electron chi connectivity index (χ0n) is 14.4. The van der Waals surface area contributed by atoms with Gasteiger partial charge >= 0.3 is 0 Å². The standard InChI is InChI=1S/C19H24N4O/c1-21-8-10-23(11-9-21)19(24)17-12-18(14-20-13-17)22(2)15-16-6-4-3-5-7-16/h3-7,12-14H,8-11,15H2,1-2H3. The van der Waals surface area contributed by atoms with Gasteiger partial charge in [0.15, 0.2) is 0 Å². The fraction of sp³-hybridized carbons (Fsp3) is 0.368. The number of hydrogen-bond donors (Lipinski definition) is 0. The number of rotatable bonds is 4. The summed E-state index contributed by atoms with van der Waals surface area (Å²) in [5.74, 6) is 0.0746. The van der Waals surface area contributed by atoms with Crippen molar-refractivity contribution in [3.8, 4) is 0 Å². The van der Waals surface area contributed by atoms with Gasteiger partial charge in [0.05, 0.1) is 17.4 Å². The van der Waals surface area contributed by atoms with E-state index in [1.807, 2.05) is 42.4 Å². The maximum atomic E-state index is 12.7. The fourth-order valence-electron chi connectivity index (χ4n) is 2.89. The Labute approximate surface area is 143 Å². The van der Waals surface area contributed by atoms with Gasteiger partial charge in [0.2, 0.25) is 0 Å². The molecule has 1 saturated heterocycles. The van der Waals surface area contributed by atoms with Crippen LogP contribution in [0, 0.1) is 0 Å². The molecule has 24 heavy (non-hydrogen) atoms. The van der Waals surface area contributed by atoms with Gasteiger partial charge in [0.1, 0.15) is 0 Å². The quantitative estimate of drug-likeness (QED) is 0.863. The zero-order chi connectivity index (χ0) is 16.9. The summed E-state index contributed by atoms with van der Waals surface area (Å²) in [6.45, 7) is 4.19.